The molecular formula is C58H39N7. The van der Waals surface area contributed by atoms with E-state index in [9.17, 15) is 0 Å². The van der Waals surface area contributed by atoms with Crippen molar-refractivity contribution in [3.8, 4) is 102 Å². The molecule has 3 aromatic heterocycles. The van der Waals surface area contributed by atoms with E-state index in [1.165, 1.54) is 0 Å². The third-order valence-electron chi connectivity index (χ3n) is 11.5. The first-order valence-corrected chi connectivity index (χ1v) is 21.6. The standard InChI is InChI=1S/C58H39N7/c1-38-17-15-30-52(59-38)49-34-33-45(37-51(49)48-28-13-14-29-50(48)58-64-54(41-21-7-3-8-22-41)60-55(65-58)42-23-9-4-10-24-42)44-26-16-27-46(36-44)56-61-53(40-19-5-2-6-20-40)62-57(63-56)47-32-31-39-18-11-12-25-43(39)35-47/h2-37H,1H3. The van der Waals surface area contributed by atoms with Crippen LogP contribution in [0.15, 0.2) is 218 Å². The largest absolute Gasteiger partial charge is 0.253 e. The second kappa shape index (κ2) is 17.2. The summed E-state index contributed by atoms with van der Waals surface area (Å²) in [4.78, 5) is 35.5. The summed E-state index contributed by atoms with van der Waals surface area (Å²) in [5, 5.41) is 2.29. The molecule has 0 fully saturated rings. The van der Waals surface area contributed by atoms with E-state index in [1.54, 1.807) is 0 Å². The Kier molecular flexibility index (Phi) is 10.3. The molecule has 11 aromatic rings. The van der Waals surface area contributed by atoms with Gasteiger partial charge in [0.2, 0.25) is 0 Å². The van der Waals surface area contributed by atoms with E-state index in [-0.39, 0.29) is 0 Å². The Morgan fingerprint density at radius 1 is 0.231 bits per heavy atom. The fourth-order valence-electron chi connectivity index (χ4n) is 8.22. The number of benzene rings is 8. The number of hydrogen-bond donors (Lipinski definition) is 0. The predicted molar refractivity (Wildman–Crippen MR) is 262 cm³/mol. The van der Waals surface area contributed by atoms with Gasteiger partial charge < -0.3 is 0 Å². The number of aromatic nitrogens is 7. The van der Waals surface area contributed by atoms with Gasteiger partial charge in [0.25, 0.3) is 0 Å². The quantitative estimate of drug-likeness (QED) is 0.143. The van der Waals surface area contributed by atoms with E-state index in [0.717, 1.165) is 83.4 Å². The number of fused-ring (bicyclic) bond motifs is 1. The van der Waals surface area contributed by atoms with Crippen LogP contribution in [-0.4, -0.2) is 34.9 Å². The molecule has 7 heteroatoms. The Bertz CT molecular complexity index is 3440. The first-order valence-electron chi connectivity index (χ1n) is 21.6. The number of pyridine rings is 1. The average molecular weight is 834 g/mol. The van der Waals surface area contributed by atoms with E-state index in [1.807, 2.05) is 110 Å². The van der Waals surface area contributed by atoms with Crippen LogP contribution in [0.1, 0.15) is 5.69 Å². The number of hydrogen-bond acceptors (Lipinski definition) is 7. The molecule has 0 radical (unpaired) electrons. The lowest BCUT2D eigenvalue weighted by molar-refractivity contribution is 1.07. The van der Waals surface area contributed by atoms with E-state index in [2.05, 4.69) is 115 Å². The molecule has 0 spiro atoms. The van der Waals surface area contributed by atoms with Gasteiger partial charge in [-0.1, -0.05) is 188 Å². The van der Waals surface area contributed by atoms with Gasteiger partial charge in [0.15, 0.2) is 34.9 Å². The van der Waals surface area contributed by atoms with Crippen LogP contribution >= 0.6 is 0 Å². The summed E-state index contributed by atoms with van der Waals surface area (Å²) in [6.07, 6.45) is 0. The van der Waals surface area contributed by atoms with Crippen LogP contribution in [0.3, 0.4) is 0 Å². The van der Waals surface area contributed by atoms with Crippen molar-refractivity contribution in [1.82, 2.24) is 34.9 Å². The van der Waals surface area contributed by atoms with Crippen molar-refractivity contribution < 1.29 is 0 Å². The zero-order valence-corrected chi connectivity index (χ0v) is 35.4. The molecule has 306 valence electrons. The lowest BCUT2D eigenvalue weighted by Crippen LogP contribution is -2.01. The highest BCUT2D eigenvalue weighted by atomic mass is 15.0. The summed E-state index contributed by atoms with van der Waals surface area (Å²) >= 11 is 0. The van der Waals surface area contributed by atoms with Gasteiger partial charge in [-0.3, -0.25) is 4.98 Å². The highest BCUT2D eigenvalue weighted by molar-refractivity contribution is 5.93. The molecule has 0 saturated carbocycles. The maximum Gasteiger partial charge on any atom is 0.164 e. The van der Waals surface area contributed by atoms with Crippen molar-refractivity contribution >= 4 is 10.8 Å². The van der Waals surface area contributed by atoms with Crippen molar-refractivity contribution in [1.29, 1.82) is 0 Å². The molecule has 0 saturated heterocycles. The van der Waals surface area contributed by atoms with Crippen LogP contribution in [0.25, 0.3) is 113 Å². The zero-order chi connectivity index (χ0) is 43.5. The average Bonchev–Trinajstić information content (AvgIpc) is 3.39. The van der Waals surface area contributed by atoms with Gasteiger partial charge in [-0.2, -0.15) is 0 Å². The second-order valence-electron chi connectivity index (χ2n) is 15.8. The summed E-state index contributed by atoms with van der Waals surface area (Å²) in [6, 6.07) is 74.4. The van der Waals surface area contributed by atoms with Gasteiger partial charge in [0.05, 0.1) is 5.69 Å². The molecule has 0 N–H and O–H groups in total. The maximum absolute atomic E-state index is 5.14. The highest BCUT2D eigenvalue weighted by Gasteiger charge is 2.20. The topological polar surface area (TPSA) is 90.2 Å². The molecule has 3 heterocycles. The van der Waals surface area contributed by atoms with Crippen molar-refractivity contribution in [2.24, 2.45) is 0 Å². The van der Waals surface area contributed by atoms with Crippen molar-refractivity contribution in [3.63, 3.8) is 0 Å². The molecule has 0 atom stereocenters. The minimum absolute atomic E-state index is 0.579. The van der Waals surface area contributed by atoms with Crippen molar-refractivity contribution in [3.05, 3.63) is 224 Å². The number of nitrogens with zero attached hydrogens (tertiary/aromatic N) is 7. The molecular weight excluding hydrogens is 795 g/mol. The SMILES string of the molecule is Cc1cccc(-c2ccc(-c3cccc(-c4nc(-c5ccccc5)nc(-c5ccc6ccccc6c5)n4)c3)cc2-c2ccccc2-c2nc(-c3ccccc3)nc(-c3ccccc3)n2)n1. The molecule has 0 amide bonds. The van der Waals surface area contributed by atoms with Gasteiger partial charge in [0, 0.05) is 44.6 Å². The number of rotatable bonds is 9. The van der Waals surface area contributed by atoms with Crippen LogP contribution in [0.2, 0.25) is 0 Å². The van der Waals surface area contributed by atoms with Crippen LogP contribution in [0.5, 0.6) is 0 Å². The zero-order valence-electron chi connectivity index (χ0n) is 35.4. The van der Waals surface area contributed by atoms with Crippen LogP contribution in [-0.2, 0) is 0 Å². The smallest absolute Gasteiger partial charge is 0.164 e. The van der Waals surface area contributed by atoms with Crippen LogP contribution < -0.4 is 0 Å². The van der Waals surface area contributed by atoms with Crippen LogP contribution in [0.4, 0.5) is 0 Å². The minimum Gasteiger partial charge on any atom is -0.253 e. The van der Waals surface area contributed by atoms with Gasteiger partial charge in [-0.15, -0.1) is 0 Å². The first-order chi connectivity index (χ1) is 32.1. The highest BCUT2D eigenvalue weighted by Crippen LogP contribution is 2.40. The summed E-state index contributed by atoms with van der Waals surface area (Å²) < 4.78 is 0. The molecule has 0 aliphatic rings. The first kappa shape index (κ1) is 39.1. The molecule has 0 aliphatic heterocycles. The minimum atomic E-state index is 0.579. The monoisotopic (exact) mass is 833 g/mol. The van der Waals surface area contributed by atoms with E-state index in [4.69, 9.17) is 34.9 Å². The molecule has 11 rings (SSSR count). The van der Waals surface area contributed by atoms with Gasteiger partial charge in [0.1, 0.15) is 0 Å². The van der Waals surface area contributed by atoms with Crippen molar-refractivity contribution in [2.45, 2.75) is 6.92 Å². The Hall–Kier alpha value is -8.81. The fraction of sp³-hybridized carbons (Fsp3) is 0.0172. The van der Waals surface area contributed by atoms with Gasteiger partial charge in [-0.25, -0.2) is 29.9 Å². The predicted octanol–water partition coefficient (Wildman–Crippen LogP) is 13.9. The summed E-state index contributed by atoms with van der Waals surface area (Å²) in [5.74, 6) is 3.61. The lowest BCUT2D eigenvalue weighted by Gasteiger charge is -2.17. The Morgan fingerprint density at radius 2 is 0.677 bits per heavy atom. The van der Waals surface area contributed by atoms with Crippen LogP contribution in [0, 0.1) is 6.92 Å². The summed E-state index contributed by atoms with van der Waals surface area (Å²) in [6.45, 7) is 2.02. The molecule has 0 bridgehead atoms. The van der Waals surface area contributed by atoms with Gasteiger partial charge >= 0.3 is 0 Å². The van der Waals surface area contributed by atoms with E-state index >= 15 is 0 Å². The maximum atomic E-state index is 5.14. The number of aryl methyl sites for hydroxylation is 1. The molecule has 0 aliphatic carbocycles. The Balaban J connectivity index is 1.06. The Morgan fingerprint density at radius 3 is 1.29 bits per heavy atom. The van der Waals surface area contributed by atoms with Crippen molar-refractivity contribution in [2.75, 3.05) is 0 Å². The summed E-state index contributed by atoms with van der Waals surface area (Å²) in [5.41, 5.74) is 12.2. The molecule has 7 nitrogen and oxygen atoms in total. The second-order valence-corrected chi connectivity index (χ2v) is 15.8. The lowest BCUT2D eigenvalue weighted by atomic mass is 9.90. The van der Waals surface area contributed by atoms with E-state index < -0.39 is 0 Å². The summed E-state index contributed by atoms with van der Waals surface area (Å²) in [7, 11) is 0. The Labute approximate surface area is 377 Å². The normalized spacial score (nSPS) is 11.2. The molecule has 0 unspecified atom stereocenters. The van der Waals surface area contributed by atoms with E-state index in [0.29, 0.717) is 34.9 Å². The molecule has 65 heavy (non-hydrogen) atoms. The fourth-order valence-corrected chi connectivity index (χ4v) is 8.22. The third kappa shape index (κ3) is 8.06. The van der Waals surface area contributed by atoms with Gasteiger partial charge in [-0.05, 0) is 70.3 Å². The third-order valence-corrected chi connectivity index (χ3v) is 11.5. The molecule has 8 aromatic carbocycles.